The van der Waals surface area contributed by atoms with E-state index in [-0.39, 0.29) is 0 Å². The van der Waals surface area contributed by atoms with Crippen LogP contribution in [-0.4, -0.2) is 45.9 Å². The summed E-state index contributed by atoms with van der Waals surface area (Å²) >= 11 is 5.74. The van der Waals surface area contributed by atoms with Gasteiger partial charge in [-0.2, -0.15) is 0 Å². The van der Waals surface area contributed by atoms with E-state index < -0.39 is 0 Å². The van der Waals surface area contributed by atoms with Crippen LogP contribution in [0, 0.1) is 5.41 Å². The first-order valence-corrected chi connectivity index (χ1v) is 6.49. The molecule has 0 aromatic carbocycles. The fourth-order valence-corrected chi connectivity index (χ4v) is 1.83. The number of rotatable bonds is 11. The molecule has 0 aliphatic rings. The van der Waals surface area contributed by atoms with E-state index in [0.29, 0.717) is 18.6 Å². The van der Waals surface area contributed by atoms with Gasteiger partial charge in [-0.05, 0) is 24.8 Å². The monoisotopic (exact) mass is 251 g/mol. The summed E-state index contributed by atoms with van der Waals surface area (Å²) in [6, 6.07) is 0. The van der Waals surface area contributed by atoms with Crippen LogP contribution < -0.4 is 5.32 Å². The topological polar surface area (TPSA) is 30.5 Å². The van der Waals surface area contributed by atoms with Gasteiger partial charge in [-0.3, -0.25) is 0 Å². The zero-order chi connectivity index (χ0) is 12.3. The van der Waals surface area contributed by atoms with Crippen LogP contribution in [-0.2, 0) is 9.47 Å². The van der Waals surface area contributed by atoms with Crippen molar-refractivity contribution in [3.8, 4) is 0 Å². The number of hydrogen-bond donors (Lipinski definition) is 1. The van der Waals surface area contributed by atoms with Crippen LogP contribution in [0.2, 0.25) is 0 Å². The van der Waals surface area contributed by atoms with Crippen molar-refractivity contribution in [2.45, 2.75) is 26.7 Å². The van der Waals surface area contributed by atoms with Gasteiger partial charge < -0.3 is 14.8 Å². The van der Waals surface area contributed by atoms with E-state index in [0.717, 1.165) is 38.4 Å². The number of alkyl halides is 1. The number of ether oxygens (including phenoxy) is 2. The number of methoxy groups -OCH3 is 1. The van der Waals surface area contributed by atoms with Gasteiger partial charge in [0.05, 0.1) is 13.2 Å². The third-order valence-electron chi connectivity index (χ3n) is 2.45. The summed E-state index contributed by atoms with van der Waals surface area (Å²) in [5.41, 5.74) is 0.290. The third-order valence-corrected chi connectivity index (χ3v) is 2.64. The van der Waals surface area contributed by atoms with Crippen LogP contribution in [0.5, 0.6) is 0 Å². The van der Waals surface area contributed by atoms with E-state index in [4.69, 9.17) is 21.1 Å². The maximum atomic E-state index is 5.74. The van der Waals surface area contributed by atoms with Crippen molar-refractivity contribution in [1.82, 2.24) is 5.32 Å². The average Bonchev–Trinajstić information content (AvgIpc) is 2.22. The predicted molar refractivity (Wildman–Crippen MR) is 69.3 cm³/mol. The molecule has 0 bridgehead atoms. The van der Waals surface area contributed by atoms with Crippen LogP contribution in [0.4, 0.5) is 0 Å². The summed E-state index contributed by atoms with van der Waals surface area (Å²) < 4.78 is 10.3. The van der Waals surface area contributed by atoms with Gasteiger partial charge in [0.1, 0.15) is 0 Å². The maximum absolute atomic E-state index is 5.74. The Labute approximate surface area is 105 Å². The number of halogens is 1. The molecule has 0 spiro atoms. The summed E-state index contributed by atoms with van der Waals surface area (Å²) in [7, 11) is 1.68. The largest absolute Gasteiger partial charge is 0.382 e. The molecule has 98 valence electrons. The second-order valence-electron chi connectivity index (χ2n) is 4.74. The molecule has 0 fully saturated rings. The Bertz CT molecular complexity index is 154. The molecule has 0 radical (unpaired) electrons. The van der Waals surface area contributed by atoms with Crippen LogP contribution >= 0.6 is 11.6 Å². The lowest BCUT2D eigenvalue weighted by Gasteiger charge is -2.23. The number of hydrogen-bond acceptors (Lipinski definition) is 3. The molecular formula is C12H26ClNO2. The normalized spacial score (nSPS) is 12.0. The molecule has 16 heavy (non-hydrogen) atoms. The number of nitrogens with one attached hydrogen (secondary N) is 1. The highest BCUT2D eigenvalue weighted by Gasteiger charge is 2.15. The molecule has 0 saturated carbocycles. The van der Waals surface area contributed by atoms with Gasteiger partial charge in [-0.15, -0.1) is 11.6 Å². The maximum Gasteiger partial charge on any atom is 0.0700 e. The van der Waals surface area contributed by atoms with Gasteiger partial charge >= 0.3 is 0 Å². The Hall–Kier alpha value is 0.170. The van der Waals surface area contributed by atoms with Gasteiger partial charge in [-0.1, -0.05) is 13.8 Å². The smallest absolute Gasteiger partial charge is 0.0700 e. The molecule has 0 amide bonds. The molecule has 0 atom stereocenters. The van der Waals surface area contributed by atoms with E-state index >= 15 is 0 Å². The van der Waals surface area contributed by atoms with Gasteiger partial charge in [0, 0.05) is 26.1 Å². The van der Waals surface area contributed by atoms with Crippen molar-refractivity contribution in [2.24, 2.45) is 5.41 Å². The van der Waals surface area contributed by atoms with E-state index in [1.54, 1.807) is 7.11 Å². The SMILES string of the molecule is COCCOCCCNCC(C)(C)CCCl. The molecule has 0 rings (SSSR count). The Kier molecular flexibility index (Phi) is 10.4. The highest BCUT2D eigenvalue weighted by Crippen LogP contribution is 2.19. The zero-order valence-electron chi connectivity index (χ0n) is 10.9. The minimum Gasteiger partial charge on any atom is -0.382 e. The van der Waals surface area contributed by atoms with Crippen molar-refractivity contribution in [3.63, 3.8) is 0 Å². The van der Waals surface area contributed by atoms with Crippen molar-refractivity contribution >= 4 is 11.6 Å². The molecule has 0 aliphatic carbocycles. The highest BCUT2D eigenvalue weighted by molar-refractivity contribution is 6.17. The molecule has 0 aromatic heterocycles. The first-order valence-electron chi connectivity index (χ1n) is 5.96. The Morgan fingerprint density at radius 2 is 1.94 bits per heavy atom. The summed E-state index contributed by atoms with van der Waals surface area (Å²) in [4.78, 5) is 0. The van der Waals surface area contributed by atoms with Crippen LogP contribution in [0.25, 0.3) is 0 Å². The standard InChI is InChI=1S/C12H26ClNO2/c1-12(2,5-6-13)11-14-7-4-8-16-10-9-15-3/h14H,4-11H2,1-3H3. The minimum absolute atomic E-state index is 0.290. The van der Waals surface area contributed by atoms with Crippen LogP contribution in [0.15, 0.2) is 0 Å². The Balaban J connectivity index is 3.20. The highest BCUT2D eigenvalue weighted by atomic mass is 35.5. The predicted octanol–water partition coefficient (Wildman–Crippen LogP) is 2.28. The van der Waals surface area contributed by atoms with E-state index in [1.807, 2.05) is 0 Å². The summed E-state index contributed by atoms with van der Waals surface area (Å²) in [6.45, 7) is 8.64. The zero-order valence-corrected chi connectivity index (χ0v) is 11.6. The molecule has 3 nitrogen and oxygen atoms in total. The Morgan fingerprint density at radius 3 is 2.56 bits per heavy atom. The lowest BCUT2D eigenvalue weighted by molar-refractivity contribution is 0.0692. The molecule has 0 unspecified atom stereocenters. The fraction of sp³-hybridized carbons (Fsp3) is 1.00. The minimum atomic E-state index is 0.290. The molecule has 0 heterocycles. The van der Waals surface area contributed by atoms with Crippen LogP contribution in [0.3, 0.4) is 0 Å². The van der Waals surface area contributed by atoms with Gasteiger partial charge in [-0.25, -0.2) is 0 Å². The quantitative estimate of drug-likeness (QED) is 0.452. The summed E-state index contributed by atoms with van der Waals surface area (Å²) in [5, 5.41) is 3.43. The van der Waals surface area contributed by atoms with Crippen molar-refractivity contribution in [3.05, 3.63) is 0 Å². The molecular weight excluding hydrogens is 226 g/mol. The van der Waals surface area contributed by atoms with Crippen molar-refractivity contribution in [1.29, 1.82) is 0 Å². The molecule has 0 saturated heterocycles. The first kappa shape index (κ1) is 16.2. The van der Waals surface area contributed by atoms with Gasteiger partial charge in [0.25, 0.3) is 0 Å². The van der Waals surface area contributed by atoms with Gasteiger partial charge in [0.2, 0.25) is 0 Å². The second kappa shape index (κ2) is 10.3. The second-order valence-corrected chi connectivity index (χ2v) is 5.12. The summed E-state index contributed by atoms with van der Waals surface area (Å²) in [5.74, 6) is 0.731. The molecule has 1 N–H and O–H groups in total. The van der Waals surface area contributed by atoms with E-state index in [2.05, 4.69) is 19.2 Å². The Morgan fingerprint density at radius 1 is 1.19 bits per heavy atom. The van der Waals surface area contributed by atoms with Gasteiger partial charge in [0.15, 0.2) is 0 Å². The first-order chi connectivity index (χ1) is 7.62. The van der Waals surface area contributed by atoms with Crippen molar-refractivity contribution < 1.29 is 9.47 Å². The van der Waals surface area contributed by atoms with E-state index in [1.165, 1.54) is 0 Å². The third kappa shape index (κ3) is 10.7. The molecule has 4 heteroatoms. The molecule has 0 aromatic rings. The summed E-state index contributed by atoms with van der Waals surface area (Å²) in [6.07, 6.45) is 2.09. The van der Waals surface area contributed by atoms with E-state index in [9.17, 15) is 0 Å². The fourth-order valence-electron chi connectivity index (χ4n) is 1.31. The average molecular weight is 252 g/mol. The van der Waals surface area contributed by atoms with Crippen molar-refractivity contribution in [2.75, 3.05) is 45.9 Å². The lowest BCUT2D eigenvalue weighted by atomic mass is 9.90. The molecule has 0 aliphatic heterocycles. The van der Waals surface area contributed by atoms with Crippen LogP contribution in [0.1, 0.15) is 26.7 Å². The lowest BCUT2D eigenvalue weighted by Crippen LogP contribution is -2.30.